The Morgan fingerprint density at radius 2 is 2.06 bits per heavy atom. The molecule has 1 saturated heterocycles. The van der Waals surface area contributed by atoms with Gasteiger partial charge in [-0.25, -0.2) is 0 Å². The smallest absolute Gasteiger partial charge is 0.0221 e. The van der Waals surface area contributed by atoms with Gasteiger partial charge in [0.1, 0.15) is 0 Å². The van der Waals surface area contributed by atoms with Crippen molar-refractivity contribution in [1.29, 1.82) is 0 Å². The van der Waals surface area contributed by atoms with Crippen molar-refractivity contribution < 1.29 is 0 Å². The molecule has 3 unspecified atom stereocenters. The molecule has 2 heteroatoms. The molecule has 2 aliphatic rings. The average Bonchev–Trinajstić information content (AvgIpc) is 3.09. The molecule has 2 rings (SSSR count). The van der Waals surface area contributed by atoms with Gasteiger partial charge >= 0.3 is 0 Å². The summed E-state index contributed by atoms with van der Waals surface area (Å²) in [6.45, 7) is 9.47. The van der Waals surface area contributed by atoms with E-state index >= 15 is 0 Å². The van der Waals surface area contributed by atoms with Gasteiger partial charge in [-0.3, -0.25) is 4.90 Å². The first-order valence-electron chi connectivity index (χ1n) is 7.23. The first-order valence-corrected chi connectivity index (χ1v) is 7.23. The van der Waals surface area contributed by atoms with Crippen LogP contribution in [0.5, 0.6) is 0 Å². The minimum absolute atomic E-state index is 0.677. The first kappa shape index (κ1) is 12.4. The van der Waals surface area contributed by atoms with Crippen molar-refractivity contribution in [3.8, 4) is 0 Å². The van der Waals surface area contributed by atoms with E-state index in [2.05, 4.69) is 31.0 Å². The van der Waals surface area contributed by atoms with Crippen molar-refractivity contribution in [3.05, 3.63) is 0 Å². The maximum atomic E-state index is 3.62. The average molecular weight is 224 g/mol. The summed E-state index contributed by atoms with van der Waals surface area (Å²) in [6, 6.07) is 2.30. The lowest BCUT2D eigenvalue weighted by molar-refractivity contribution is 0.0729. The van der Waals surface area contributed by atoms with Crippen LogP contribution in [0.25, 0.3) is 0 Å². The summed E-state index contributed by atoms with van der Waals surface area (Å²) >= 11 is 0. The Morgan fingerprint density at radius 1 is 1.31 bits per heavy atom. The van der Waals surface area contributed by atoms with E-state index in [0.29, 0.717) is 6.04 Å². The van der Waals surface area contributed by atoms with Gasteiger partial charge in [-0.2, -0.15) is 0 Å². The minimum Gasteiger partial charge on any atom is -0.311 e. The normalized spacial score (nSPS) is 33.9. The van der Waals surface area contributed by atoms with E-state index in [4.69, 9.17) is 0 Å². The van der Waals surface area contributed by atoms with Gasteiger partial charge in [0.2, 0.25) is 0 Å². The molecule has 94 valence electrons. The Bertz CT molecular complexity index is 213. The molecule has 16 heavy (non-hydrogen) atoms. The van der Waals surface area contributed by atoms with Gasteiger partial charge in [0.05, 0.1) is 0 Å². The van der Waals surface area contributed by atoms with Crippen LogP contribution in [-0.2, 0) is 0 Å². The Hall–Kier alpha value is -0.0800. The Kier molecular flexibility index (Phi) is 4.26. The fourth-order valence-corrected chi connectivity index (χ4v) is 3.09. The van der Waals surface area contributed by atoms with Gasteiger partial charge in [-0.15, -0.1) is 0 Å². The van der Waals surface area contributed by atoms with E-state index in [1.807, 2.05) is 0 Å². The molecule has 0 aromatic heterocycles. The molecule has 0 spiro atoms. The first-order chi connectivity index (χ1) is 7.74. The van der Waals surface area contributed by atoms with Crippen molar-refractivity contribution in [2.75, 3.05) is 13.1 Å². The molecule has 0 aromatic carbocycles. The zero-order valence-corrected chi connectivity index (χ0v) is 11.2. The Balaban J connectivity index is 1.94. The lowest BCUT2D eigenvalue weighted by Gasteiger charge is -2.43. The zero-order chi connectivity index (χ0) is 11.5. The monoisotopic (exact) mass is 224 g/mol. The summed E-state index contributed by atoms with van der Waals surface area (Å²) in [5.41, 5.74) is 0. The van der Waals surface area contributed by atoms with E-state index in [0.717, 1.165) is 18.0 Å². The molecular formula is C14H28N2. The van der Waals surface area contributed by atoms with Crippen LogP contribution < -0.4 is 5.32 Å². The lowest BCUT2D eigenvalue weighted by atomic mass is 9.99. The molecule has 1 N–H and O–H groups in total. The maximum Gasteiger partial charge on any atom is 0.0221 e. The van der Waals surface area contributed by atoms with Crippen LogP contribution >= 0.6 is 0 Å². The largest absolute Gasteiger partial charge is 0.311 e. The molecule has 1 saturated carbocycles. The van der Waals surface area contributed by atoms with Crippen molar-refractivity contribution in [3.63, 3.8) is 0 Å². The summed E-state index contributed by atoms with van der Waals surface area (Å²) in [5.74, 6) is 1.06. The molecule has 2 nitrogen and oxygen atoms in total. The highest BCUT2D eigenvalue weighted by molar-refractivity contribution is 4.90. The van der Waals surface area contributed by atoms with E-state index in [1.54, 1.807) is 0 Å². The molecule has 0 aromatic rings. The number of nitrogens with zero attached hydrogens (tertiary/aromatic N) is 1. The third-order valence-corrected chi connectivity index (χ3v) is 4.37. The van der Waals surface area contributed by atoms with E-state index in [1.165, 1.54) is 45.2 Å². The lowest BCUT2D eigenvalue weighted by Crippen LogP contribution is -2.58. The van der Waals surface area contributed by atoms with Gasteiger partial charge in [-0.05, 0) is 32.1 Å². The fraction of sp³-hybridized carbons (Fsp3) is 1.00. The number of hydrogen-bond acceptors (Lipinski definition) is 2. The number of hydrogen-bond donors (Lipinski definition) is 1. The third-order valence-electron chi connectivity index (χ3n) is 4.37. The Labute approximate surface area is 101 Å². The Morgan fingerprint density at radius 3 is 2.62 bits per heavy atom. The van der Waals surface area contributed by atoms with Gasteiger partial charge < -0.3 is 5.32 Å². The topological polar surface area (TPSA) is 15.3 Å². The van der Waals surface area contributed by atoms with Crippen LogP contribution in [0.1, 0.15) is 52.9 Å². The van der Waals surface area contributed by atoms with E-state index in [9.17, 15) is 0 Å². The van der Waals surface area contributed by atoms with Crippen molar-refractivity contribution >= 4 is 0 Å². The van der Waals surface area contributed by atoms with Crippen LogP contribution in [0.2, 0.25) is 0 Å². The van der Waals surface area contributed by atoms with Gasteiger partial charge in [0.15, 0.2) is 0 Å². The van der Waals surface area contributed by atoms with Gasteiger partial charge in [-0.1, -0.05) is 26.7 Å². The van der Waals surface area contributed by atoms with E-state index < -0.39 is 0 Å². The van der Waals surface area contributed by atoms with Crippen molar-refractivity contribution in [2.45, 2.75) is 71.0 Å². The molecular weight excluding hydrogens is 196 g/mol. The second kappa shape index (κ2) is 5.50. The van der Waals surface area contributed by atoms with Gasteiger partial charge in [0.25, 0.3) is 0 Å². The fourth-order valence-electron chi connectivity index (χ4n) is 3.09. The summed E-state index contributed by atoms with van der Waals surface area (Å²) in [7, 11) is 0. The highest BCUT2D eigenvalue weighted by Crippen LogP contribution is 2.36. The summed E-state index contributed by atoms with van der Waals surface area (Å²) in [5, 5.41) is 3.62. The third kappa shape index (κ3) is 2.98. The molecule has 3 atom stereocenters. The van der Waals surface area contributed by atoms with Crippen LogP contribution in [0, 0.1) is 5.92 Å². The molecule has 0 radical (unpaired) electrons. The van der Waals surface area contributed by atoms with Crippen LogP contribution in [0.15, 0.2) is 0 Å². The predicted octanol–water partition coefficient (Wildman–Crippen LogP) is 2.64. The molecule has 2 fully saturated rings. The maximum absolute atomic E-state index is 3.62. The van der Waals surface area contributed by atoms with Crippen molar-refractivity contribution in [1.82, 2.24) is 10.2 Å². The van der Waals surface area contributed by atoms with Crippen LogP contribution in [-0.4, -0.2) is 36.1 Å². The molecule has 1 heterocycles. The minimum atomic E-state index is 0.677. The second-order valence-electron chi connectivity index (χ2n) is 5.81. The number of nitrogens with one attached hydrogen (secondary N) is 1. The highest BCUT2D eigenvalue weighted by atomic mass is 15.3. The van der Waals surface area contributed by atoms with Crippen molar-refractivity contribution in [2.24, 2.45) is 5.92 Å². The molecule has 0 bridgehead atoms. The molecule has 1 aliphatic carbocycles. The van der Waals surface area contributed by atoms with Crippen LogP contribution in [0.4, 0.5) is 0 Å². The summed E-state index contributed by atoms with van der Waals surface area (Å²) in [4.78, 5) is 2.81. The highest BCUT2D eigenvalue weighted by Gasteiger charge is 2.33. The SMILES string of the molecule is CCC1CNC(C)CN1C(CC)CC1CC1. The van der Waals surface area contributed by atoms with Gasteiger partial charge in [0, 0.05) is 31.2 Å². The second-order valence-corrected chi connectivity index (χ2v) is 5.81. The summed E-state index contributed by atoms with van der Waals surface area (Å²) in [6.07, 6.45) is 7.07. The van der Waals surface area contributed by atoms with Crippen LogP contribution in [0.3, 0.4) is 0 Å². The zero-order valence-electron chi connectivity index (χ0n) is 11.2. The quantitative estimate of drug-likeness (QED) is 0.772. The molecule has 0 amide bonds. The molecule has 1 aliphatic heterocycles. The standard InChI is InChI=1S/C14H28N2/c1-4-13(8-12-6-7-12)16-10-11(3)15-9-14(16)5-2/h11-15H,4-10H2,1-3H3. The predicted molar refractivity (Wildman–Crippen MR) is 69.7 cm³/mol. The number of rotatable bonds is 5. The summed E-state index contributed by atoms with van der Waals surface area (Å²) < 4.78 is 0. The number of piperazine rings is 1. The van der Waals surface area contributed by atoms with E-state index in [-0.39, 0.29) is 0 Å².